The van der Waals surface area contributed by atoms with E-state index in [-0.39, 0.29) is 14.9 Å². The summed E-state index contributed by atoms with van der Waals surface area (Å²) in [5.74, 6) is -0.738. The maximum Gasteiger partial charge on any atom is 0.328 e. The van der Waals surface area contributed by atoms with Gasteiger partial charge >= 0.3 is 5.97 Å². The molecule has 0 amide bonds. The molecule has 0 saturated heterocycles. The fourth-order valence-electron chi connectivity index (χ4n) is 1.92. The Labute approximate surface area is 144 Å². The van der Waals surface area contributed by atoms with Crippen LogP contribution in [0.15, 0.2) is 53.4 Å². The number of hydrogen-bond donors (Lipinski definition) is 1. The van der Waals surface area contributed by atoms with Crippen molar-refractivity contribution in [2.45, 2.75) is 10.9 Å². The Kier molecular flexibility index (Phi) is 5.64. The number of methoxy groups -OCH3 is 1. The van der Waals surface area contributed by atoms with E-state index in [1.165, 1.54) is 25.3 Å². The molecule has 23 heavy (non-hydrogen) atoms. The van der Waals surface area contributed by atoms with Gasteiger partial charge in [-0.1, -0.05) is 53.5 Å². The number of ether oxygens (including phenoxy) is 1. The van der Waals surface area contributed by atoms with E-state index in [9.17, 15) is 13.2 Å². The van der Waals surface area contributed by atoms with Gasteiger partial charge in [0.05, 0.1) is 12.1 Å². The molecular formula is C15H13Cl2NO4S. The van der Waals surface area contributed by atoms with Gasteiger partial charge in [0.2, 0.25) is 10.0 Å². The minimum absolute atomic E-state index is 0.00132. The van der Waals surface area contributed by atoms with E-state index < -0.39 is 22.0 Å². The zero-order valence-electron chi connectivity index (χ0n) is 12.0. The van der Waals surface area contributed by atoms with Crippen LogP contribution in [0.2, 0.25) is 10.0 Å². The highest BCUT2D eigenvalue weighted by Crippen LogP contribution is 2.26. The standard InChI is InChI=1S/C15H13Cl2NO4S/c1-22-15(19)14(10-5-3-2-4-6-10)18-23(20,21)13-9-11(16)7-8-12(13)17/h2-9,14,18H,1H3. The highest BCUT2D eigenvalue weighted by Gasteiger charge is 2.29. The van der Waals surface area contributed by atoms with Gasteiger partial charge in [0, 0.05) is 5.02 Å². The number of carbonyl (C=O) groups is 1. The molecule has 0 fully saturated rings. The third kappa shape index (κ3) is 4.23. The van der Waals surface area contributed by atoms with Crippen molar-refractivity contribution in [1.82, 2.24) is 4.72 Å². The molecule has 2 aromatic rings. The molecule has 5 nitrogen and oxygen atoms in total. The van der Waals surface area contributed by atoms with Crippen LogP contribution in [-0.4, -0.2) is 21.5 Å². The van der Waals surface area contributed by atoms with Gasteiger partial charge in [-0.3, -0.25) is 0 Å². The van der Waals surface area contributed by atoms with Crippen LogP contribution in [0.4, 0.5) is 0 Å². The lowest BCUT2D eigenvalue weighted by Gasteiger charge is -2.17. The van der Waals surface area contributed by atoms with Crippen LogP contribution in [0, 0.1) is 0 Å². The summed E-state index contributed by atoms with van der Waals surface area (Å²) in [6, 6.07) is 11.2. The molecule has 0 radical (unpaired) electrons. The summed E-state index contributed by atoms with van der Waals surface area (Å²) in [6.07, 6.45) is 0. The summed E-state index contributed by atoms with van der Waals surface area (Å²) in [7, 11) is -2.90. The number of carbonyl (C=O) groups excluding carboxylic acids is 1. The first-order valence-corrected chi connectivity index (χ1v) is 8.69. The van der Waals surface area contributed by atoms with Crippen molar-refractivity contribution in [2.24, 2.45) is 0 Å². The predicted octanol–water partition coefficient (Wildman–Crippen LogP) is 3.19. The van der Waals surface area contributed by atoms with Crippen molar-refractivity contribution >= 4 is 39.2 Å². The smallest absolute Gasteiger partial charge is 0.328 e. The molecule has 0 aliphatic rings. The average Bonchev–Trinajstić information content (AvgIpc) is 2.55. The van der Waals surface area contributed by atoms with Crippen LogP contribution < -0.4 is 4.72 Å². The highest BCUT2D eigenvalue weighted by molar-refractivity contribution is 7.89. The minimum Gasteiger partial charge on any atom is -0.468 e. The topological polar surface area (TPSA) is 72.5 Å². The Morgan fingerprint density at radius 1 is 1.13 bits per heavy atom. The van der Waals surface area contributed by atoms with Gasteiger partial charge in [-0.15, -0.1) is 0 Å². The van der Waals surface area contributed by atoms with Crippen LogP contribution in [0.3, 0.4) is 0 Å². The van der Waals surface area contributed by atoms with Gasteiger partial charge in [-0.2, -0.15) is 4.72 Å². The molecule has 0 aromatic heterocycles. The Hall–Kier alpha value is -1.60. The molecule has 122 valence electrons. The molecule has 0 heterocycles. The number of benzene rings is 2. The molecule has 2 rings (SSSR count). The average molecular weight is 374 g/mol. The molecular weight excluding hydrogens is 361 g/mol. The predicted molar refractivity (Wildman–Crippen MR) is 88.0 cm³/mol. The SMILES string of the molecule is COC(=O)C(NS(=O)(=O)c1cc(Cl)ccc1Cl)c1ccccc1. The maximum absolute atomic E-state index is 12.5. The van der Waals surface area contributed by atoms with Crippen molar-refractivity contribution in [2.75, 3.05) is 7.11 Å². The molecule has 0 spiro atoms. The van der Waals surface area contributed by atoms with E-state index in [1.807, 2.05) is 0 Å². The fraction of sp³-hybridized carbons (Fsp3) is 0.133. The summed E-state index contributed by atoms with van der Waals surface area (Å²) in [4.78, 5) is 11.8. The van der Waals surface area contributed by atoms with Crippen molar-refractivity contribution in [1.29, 1.82) is 0 Å². The molecule has 0 aliphatic heterocycles. The number of sulfonamides is 1. The molecule has 0 bridgehead atoms. The third-order valence-electron chi connectivity index (χ3n) is 3.03. The third-order valence-corrected chi connectivity index (χ3v) is 5.17. The minimum atomic E-state index is -4.08. The fourth-order valence-corrected chi connectivity index (χ4v) is 3.85. The lowest BCUT2D eigenvalue weighted by Crippen LogP contribution is -2.34. The molecule has 1 atom stereocenters. The van der Waals surface area contributed by atoms with Crippen molar-refractivity contribution in [3.05, 3.63) is 64.1 Å². The van der Waals surface area contributed by atoms with Gasteiger partial charge in [-0.25, -0.2) is 13.2 Å². The van der Waals surface area contributed by atoms with Gasteiger partial charge < -0.3 is 4.74 Å². The summed E-state index contributed by atoms with van der Waals surface area (Å²) in [6.45, 7) is 0. The zero-order chi connectivity index (χ0) is 17.0. The van der Waals surface area contributed by atoms with Gasteiger partial charge in [0.25, 0.3) is 0 Å². The zero-order valence-corrected chi connectivity index (χ0v) is 14.3. The Morgan fingerprint density at radius 3 is 2.39 bits per heavy atom. The van der Waals surface area contributed by atoms with Gasteiger partial charge in [-0.05, 0) is 23.8 Å². The van der Waals surface area contributed by atoms with E-state index in [1.54, 1.807) is 30.3 Å². The molecule has 0 saturated carbocycles. The number of nitrogens with one attached hydrogen (secondary N) is 1. The van der Waals surface area contributed by atoms with Gasteiger partial charge in [0.15, 0.2) is 0 Å². The van der Waals surface area contributed by atoms with E-state index in [4.69, 9.17) is 23.2 Å². The molecule has 0 aliphatic carbocycles. The lowest BCUT2D eigenvalue weighted by molar-refractivity contribution is -0.142. The van der Waals surface area contributed by atoms with E-state index >= 15 is 0 Å². The van der Waals surface area contributed by atoms with E-state index in [0.717, 1.165) is 0 Å². The summed E-state index contributed by atoms with van der Waals surface area (Å²) in [5.41, 5.74) is 0.445. The van der Waals surface area contributed by atoms with E-state index in [0.29, 0.717) is 5.56 Å². The van der Waals surface area contributed by atoms with Crippen LogP contribution >= 0.6 is 23.2 Å². The summed E-state index contributed by atoms with van der Waals surface area (Å²) in [5, 5.41) is 0.211. The molecule has 2 aromatic carbocycles. The second-order valence-corrected chi connectivity index (χ2v) is 7.09. The highest BCUT2D eigenvalue weighted by atomic mass is 35.5. The van der Waals surface area contributed by atoms with Crippen LogP contribution in [0.1, 0.15) is 11.6 Å². The van der Waals surface area contributed by atoms with Crippen molar-refractivity contribution in [3.8, 4) is 0 Å². The molecule has 8 heteroatoms. The van der Waals surface area contributed by atoms with Gasteiger partial charge in [0.1, 0.15) is 10.9 Å². The Balaban J connectivity index is 2.43. The normalized spacial score (nSPS) is 12.7. The first kappa shape index (κ1) is 17.7. The van der Waals surface area contributed by atoms with Crippen molar-refractivity contribution in [3.63, 3.8) is 0 Å². The molecule has 1 unspecified atom stereocenters. The number of hydrogen-bond acceptors (Lipinski definition) is 4. The Morgan fingerprint density at radius 2 is 1.78 bits per heavy atom. The lowest BCUT2D eigenvalue weighted by atomic mass is 10.1. The largest absolute Gasteiger partial charge is 0.468 e. The quantitative estimate of drug-likeness (QED) is 0.816. The van der Waals surface area contributed by atoms with Crippen LogP contribution in [-0.2, 0) is 19.6 Å². The summed E-state index contributed by atoms with van der Waals surface area (Å²) < 4.78 is 32.1. The van der Waals surface area contributed by atoms with Crippen LogP contribution in [0.5, 0.6) is 0 Å². The second-order valence-electron chi connectivity index (χ2n) is 4.56. The Bertz CT molecular complexity index is 809. The number of rotatable bonds is 5. The van der Waals surface area contributed by atoms with E-state index in [2.05, 4.69) is 9.46 Å². The van der Waals surface area contributed by atoms with Crippen molar-refractivity contribution < 1.29 is 17.9 Å². The first-order valence-electron chi connectivity index (χ1n) is 6.45. The number of esters is 1. The summed E-state index contributed by atoms with van der Waals surface area (Å²) >= 11 is 11.8. The molecule has 1 N–H and O–H groups in total. The second kappa shape index (κ2) is 7.31. The first-order chi connectivity index (χ1) is 10.8. The monoisotopic (exact) mass is 373 g/mol. The maximum atomic E-state index is 12.5. The number of halogens is 2. The van der Waals surface area contributed by atoms with Crippen LogP contribution in [0.25, 0.3) is 0 Å².